The van der Waals surface area contributed by atoms with Crippen molar-refractivity contribution in [3.8, 4) is 0 Å². The summed E-state index contributed by atoms with van der Waals surface area (Å²) in [6.07, 6.45) is 11.2. The van der Waals surface area contributed by atoms with E-state index in [1.165, 1.54) is 20.1 Å². The number of rotatable bonds is 11. The van der Waals surface area contributed by atoms with Crippen LogP contribution < -0.4 is 5.32 Å². The molecule has 9 heteroatoms. The van der Waals surface area contributed by atoms with Crippen LogP contribution in [-0.4, -0.2) is 73.2 Å². The molecule has 2 N–H and O–H groups in total. The Morgan fingerprint density at radius 3 is 2.50 bits per heavy atom. The van der Waals surface area contributed by atoms with E-state index in [1.807, 2.05) is 26.0 Å². The van der Waals surface area contributed by atoms with E-state index >= 15 is 0 Å². The molecule has 0 aromatic carbocycles. The summed E-state index contributed by atoms with van der Waals surface area (Å²) < 4.78 is 22.1. The van der Waals surface area contributed by atoms with Gasteiger partial charge in [0.15, 0.2) is 0 Å². The van der Waals surface area contributed by atoms with E-state index in [0.29, 0.717) is 12.8 Å². The number of esters is 2. The van der Waals surface area contributed by atoms with Crippen LogP contribution in [0.15, 0.2) is 36.0 Å². The van der Waals surface area contributed by atoms with Crippen molar-refractivity contribution in [1.82, 2.24) is 5.32 Å². The van der Waals surface area contributed by atoms with Gasteiger partial charge in [-0.05, 0) is 64.4 Å². The fourth-order valence-electron chi connectivity index (χ4n) is 4.93. The van der Waals surface area contributed by atoms with Crippen molar-refractivity contribution in [2.24, 2.45) is 11.8 Å². The largest absolute Gasteiger partial charge is 0.469 e. The predicted octanol–water partition coefficient (Wildman–Crippen LogP) is 3.40. The first-order chi connectivity index (χ1) is 18.0. The lowest BCUT2D eigenvalue weighted by Gasteiger charge is -2.39. The SMILES string of the molecule is COC(=O)C[C@@H]1C[C@@H](CO)C[C@@H](/C=C/C(C)=C/C[C@@H]2O[C@H](C)[C@H](NC(=O)/C=C\[C@H](C)OC(C)=O)C[C@@H]2C)O1. The van der Waals surface area contributed by atoms with E-state index in [2.05, 4.69) is 18.3 Å². The molecule has 0 radical (unpaired) electrons. The number of hydrogen-bond acceptors (Lipinski definition) is 8. The van der Waals surface area contributed by atoms with Crippen molar-refractivity contribution in [3.63, 3.8) is 0 Å². The van der Waals surface area contributed by atoms with Crippen molar-refractivity contribution >= 4 is 17.8 Å². The minimum Gasteiger partial charge on any atom is -0.469 e. The third kappa shape index (κ3) is 11.1. The van der Waals surface area contributed by atoms with E-state index in [-0.39, 0.29) is 67.2 Å². The average molecular weight is 536 g/mol. The maximum Gasteiger partial charge on any atom is 0.308 e. The van der Waals surface area contributed by atoms with Crippen LogP contribution >= 0.6 is 0 Å². The van der Waals surface area contributed by atoms with Gasteiger partial charge >= 0.3 is 11.9 Å². The van der Waals surface area contributed by atoms with Crippen LogP contribution in [-0.2, 0) is 33.3 Å². The Morgan fingerprint density at radius 1 is 1.11 bits per heavy atom. The second-order valence-corrected chi connectivity index (χ2v) is 10.5. The molecule has 8 atom stereocenters. The molecule has 2 fully saturated rings. The molecular formula is C29H45NO8. The molecule has 0 bridgehead atoms. The van der Waals surface area contributed by atoms with Gasteiger partial charge in [0.05, 0.1) is 44.0 Å². The van der Waals surface area contributed by atoms with Crippen molar-refractivity contribution in [1.29, 1.82) is 0 Å². The second-order valence-electron chi connectivity index (χ2n) is 10.5. The standard InChI is InChI=1S/C29H45NO8/c1-18(7-10-24-14-23(17-31)15-25(38-24)16-29(34)35-6)8-11-27-19(2)13-26(21(4)37-27)30-28(33)12-9-20(3)36-22(5)32/h7-10,12,19-21,23-27,31H,11,13-17H2,1-6H3,(H,30,33)/b10-7+,12-9-,18-8+/t19-,20-,21+,23-,24+,25-,26+,27-/m0/s1. The summed E-state index contributed by atoms with van der Waals surface area (Å²) >= 11 is 0. The van der Waals surface area contributed by atoms with E-state index in [1.54, 1.807) is 13.0 Å². The highest BCUT2D eigenvalue weighted by Gasteiger charge is 2.33. The van der Waals surface area contributed by atoms with Gasteiger partial charge in [0.25, 0.3) is 0 Å². The first kappa shape index (κ1) is 31.7. The summed E-state index contributed by atoms with van der Waals surface area (Å²) in [4.78, 5) is 35.0. The number of aliphatic hydroxyl groups excluding tert-OH is 1. The number of hydrogen-bond donors (Lipinski definition) is 2. The normalized spacial score (nSPS) is 31.2. The summed E-state index contributed by atoms with van der Waals surface area (Å²) in [6, 6.07) is -0.103. The quantitative estimate of drug-likeness (QED) is 0.235. The van der Waals surface area contributed by atoms with Gasteiger partial charge in [-0.3, -0.25) is 14.4 Å². The van der Waals surface area contributed by atoms with Gasteiger partial charge in [0.1, 0.15) is 6.10 Å². The van der Waals surface area contributed by atoms with Crippen LogP contribution in [0.3, 0.4) is 0 Å². The number of ether oxygens (including phenoxy) is 4. The molecule has 2 rings (SSSR count). The molecule has 0 saturated carbocycles. The van der Waals surface area contributed by atoms with Crippen LogP contribution in [0, 0.1) is 11.8 Å². The summed E-state index contributed by atoms with van der Waals surface area (Å²) in [7, 11) is 1.36. The number of aliphatic hydroxyl groups is 1. The molecular weight excluding hydrogens is 490 g/mol. The molecule has 2 aliphatic heterocycles. The smallest absolute Gasteiger partial charge is 0.308 e. The molecule has 38 heavy (non-hydrogen) atoms. The highest BCUT2D eigenvalue weighted by atomic mass is 16.5. The third-order valence-corrected chi connectivity index (χ3v) is 7.07. The Balaban J connectivity index is 1.85. The highest BCUT2D eigenvalue weighted by Crippen LogP contribution is 2.29. The summed E-state index contributed by atoms with van der Waals surface area (Å²) in [5.74, 6) is -0.594. The first-order valence-electron chi connectivity index (χ1n) is 13.5. The van der Waals surface area contributed by atoms with Crippen molar-refractivity contribution in [2.75, 3.05) is 13.7 Å². The van der Waals surface area contributed by atoms with Gasteiger partial charge in [-0.25, -0.2) is 0 Å². The van der Waals surface area contributed by atoms with Crippen LogP contribution in [0.5, 0.6) is 0 Å². The molecule has 2 aliphatic rings. The lowest BCUT2D eigenvalue weighted by atomic mass is 9.88. The van der Waals surface area contributed by atoms with E-state index in [4.69, 9.17) is 18.9 Å². The summed E-state index contributed by atoms with van der Waals surface area (Å²) in [6.45, 7) is 9.22. The highest BCUT2D eigenvalue weighted by molar-refractivity contribution is 5.87. The molecule has 214 valence electrons. The minimum atomic E-state index is -0.465. The van der Waals surface area contributed by atoms with Crippen molar-refractivity contribution in [2.45, 2.75) is 103 Å². The second kappa shape index (κ2) is 15.8. The Bertz CT molecular complexity index is 882. The van der Waals surface area contributed by atoms with Crippen molar-refractivity contribution < 1.29 is 38.4 Å². The van der Waals surface area contributed by atoms with Crippen LogP contribution in [0.1, 0.15) is 66.7 Å². The predicted molar refractivity (Wildman–Crippen MR) is 143 cm³/mol. The average Bonchev–Trinajstić information content (AvgIpc) is 2.86. The molecule has 0 unspecified atom stereocenters. The Labute approximate surface area is 226 Å². The molecule has 0 aromatic heterocycles. The van der Waals surface area contributed by atoms with E-state index in [0.717, 1.165) is 18.4 Å². The third-order valence-electron chi connectivity index (χ3n) is 7.07. The number of carbonyl (C=O) groups is 3. The van der Waals surface area contributed by atoms with Crippen LogP contribution in [0.4, 0.5) is 0 Å². The van der Waals surface area contributed by atoms with Crippen LogP contribution in [0.2, 0.25) is 0 Å². The molecule has 9 nitrogen and oxygen atoms in total. The number of carbonyl (C=O) groups excluding carboxylic acids is 3. The van der Waals surface area contributed by atoms with Gasteiger partial charge in [0.2, 0.25) is 5.91 Å². The monoisotopic (exact) mass is 535 g/mol. The summed E-state index contributed by atoms with van der Waals surface area (Å²) in [5, 5.41) is 12.6. The topological polar surface area (TPSA) is 120 Å². The zero-order valence-corrected chi connectivity index (χ0v) is 23.6. The molecule has 2 heterocycles. The summed E-state index contributed by atoms with van der Waals surface area (Å²) in [5.41, 5.74) is 1.08. The number of allylic oxidation sites excluding steroid dienone is 2. The number of methoxy groups -OCH3 is 1. The van der Waals surface area contributed by atoms with E-state index in [9.17, 15) is 19.5 Å². The first-order valence-corrected chi connectivity index (χ1v) is 13.5. The Morgan fingerprint density at radius 2 is 1.84 bits per heavy atom. The van der Waals surface area contributed by atoms with Gasteiger partial charge < -0.3 is 29.4 Å². The van der Waals surface area contributed by atoms with E-state index < -0.39 is 12.1 Å². The zero-order chi connectivity index (χ0) is 28.2. The Kier molecular flexibility index (Phi) is 13.2. The number of nitrogens with one attached hydrogen (secondary N) is 1. The lowest BCUT2D eigenvalue weighted by molar-refractivity contribution is -0.147. The van der Waals surface area contributed by atoms with Crippen molar-refractivity contribution in [3.05, 3.63) is 36.0 Å². The molecule has 0 spiro atoms. The molecule has 1 amide bonds. The van der Waals surface area contributed by atoms with Gasteiger partial charge in [0, 0.05) is 19.6 Å². The van der Waals surface area contributed by atoms with Gasteiger partial charge in [-0.1, -0.05) is 30.7 Å². The Hall–Kier alpha value is -2.49. The van der Waals surface area contributed by atoms with Crippen LogP contribution in [0.25, 0.3) is 0 Å². The number of amides is 1. The molecule has 0 aliphatic carbocycles. The molecule has 2 saturated heterocycles. The fourth-order valence-corrected chi connectivity index (χ4v) is 4.93. The van der Waals surface area contributed by atoms with Gasteiger partial charge in [-0.2, -0.15) is 0 Å². The maximum absolute atomic E-state index is 12.3. The zero-order valence-electron chi connectivity index (χ0n) is 23.6. The maximum atomic E-state index is 12.3. The minimum absolute atomic E-state index is 0.0372. The lowest BCUT2D eigenvalue weighted by Crippen LogP contribution is -2.50. The molecule has 0 aromatic rings. The van der Waals surface area contributed by atoms with Gasteiger partial charge in [-0.15, -0.1) is 0 Å². The fraction of sp³-hybridized carbons (Fsp3) is 0.690.